The molecule has 3 N–H and O–H groups in total. The van der Waals surface area contributed by atoms with Crippen molar-refractivity contribution in [3.8, 4) is 5.75 Å². The van der Waals surface area contributed by atoms with Gasteiger partial charge in [0.2, 0.25) is 0 Å². The van der Waals surface area contributed by atoms with Gasteiger partial charge in [-0.15, -0.1) is 0 Å². The van der Waals surface area contributed by atoms with Crippen molar-refractivity contribution in [2.75, 3.05) is 20.2 Å². The van der Waals surface area contributed by atoms with Crippen LogP contribution in [0.5, 0.6) is 5.75 Å². The van der Waals surface area contributed by atoms with Gasteiger partial charge in [0.1, 0.15) is 11.6 Å². The molecule has 0 aliphatic heterocycles. The van der Waals surface area contributed by atoms with Gasteiger partial charge in [0.05, 0.1) is 7.11 Å². The van der Waals surface area contributed by atoms with Crippen LogP contribution in [0.15, 0.2) is 18.2 Å². The van der Waals surface area contributed by atoms with Gasteiger partial charge in [-0.1, -0.05) is 6.92 Å². The Morgan fingerprint density at radius 2 is 2.25 bits per heavy atom. The topological polar surface area (TPSA) is 47.3 Å². The number of benzene rings is 1. The van der Waals surface area contributed by atoms with E-state index < -0.39 is 0 Å². The van der Waals surface area contributed by atoms with Crippen LogP contribution in [0.25, 0.3) is 0 Å². The molecule has 0 saturated heterocycles. The number of hydrogen-bond donors (Lipinski definition) is 2. The normalized spacial score (nSPS) is 12.5. The summed E-state index contributed by atoms with van der Waals surface area (Å²) in [6.45, 7) is 4.12. The second-order valence-corrected chi connectivity index (χ2v) is 3.93. The fourth-order valence-electron chi connectivity index (χ4n) is 1.42. The molecule has 1 rings (SSSR count). The van der Waals surface area contributed by atoms with Crippen LogP contribution in [0.2, 0.25) is 0 Å². The third-order valence-corrected chi connectivity index (χ3v) is 2.45. The van der Waals surface area contributed by atoms with Gasteiger partial charge in [0, 0.05) is 12.1 Å². The Morgan fingerprint density at radius 3 is 2.88 bits per heavy atom. The zero-order chi connectivity index (χ0) is 12.0. The lowest BCUT2D eigenvalue weighted by molar-refractivity contribution is 0.404. The van der Waals surface area contributed by atoms with Crippen LogP contribution in [-0.2, 0) is 6.54 Å². The van der Waals surface area contributed by atoms with E-state index in [1.54, 1.807) is 13.2 Å². The quantitative estimate of drug-likeness (QED) is 0.773. The summed E-state index contributed by atoms with van der Waals surface area (Å²) in [5.74, 6) is 0.873. The van der Waals surface area contributed by atoms with E-state index in [4.69, 9.17) is 10.5 Å². The SMILES string of the molecule is COc1ccc(F)cc1CNCC(C)CN. The highest BCUT2D eigenvalue weighted by Gasteiger charge is 2.05. The Morgan fingerprint density at radius 1 is 1.50 bits per heavy atom. The Labute approximate surface area is 95.8 Å². The summed E-state index contributed by atoms with van der Waals surface area (Å²) in [6.07, 6.45) is 0. The van der Waals surface area contributed by atoms with Crippen molar-refractivity contribution in [3.63, 3.8) is 0 Å². The molecule has 16 heavy (non-hydrogen) atoms. The zero-order valence-electron chi connectivity index (χ0n) is 9.79. The summed E-state index contributed by atoms with van der Waals surface area (Å²) in [6, 6.07) is 4.52. The third-order valence-electron chi connectivity index (χ3n) is 2.45. The molecule has 0 bridgehead atoms. The number of ether oxygens (including phenoxy) is 1. The average molecular weight is 226 g/mol. The molecule has 0 aliphatic rings. The van der Waals surface area contributed by atoms with E-state index in [0.29, 0.717) is 24.8 Å². The molecule has 90 valence electrons. The molecule has 0 radical (unpaired) electrons. The predicted octanol–water partition coefficient (Wildman–Crippen LogP) is 1.52. The van der Waals surface area contributed by atoms with E-state index in [9.17, 15) is 4.39 Å². The minimum absolute atomic E-state index is 0.246. The van der Waals surface area contributed by atoms with Crippen molar-refractivity contribution >= 4 is 0 Å². The van der Waals surface area contributed by atoms with Gasteiger partial charge in [-0.2, -0.15) is 0 Å². The Hall–Kier alpha value is -1.13. The summed E-state index contributed by atoms with van der Waals surface area (Å²) in [7, 11) is 1.58. The average Bonchev–Trinajstić information content (AvgIpc) is 2.29. The lowest BCUT2D eigenvalue weighted by Crippen LogP contribution is -2.25. The van der Waals surface area contributed by atoms with Gasteiger partial charge in [-0.3, -0.25) is 0 Å². The molecule has 4 heteroatoms. The first-order valence-corrected chi connectivity index (χ1v) is 5.40. The molecule has 1 aromatic carbocycles. The maximum Gasteiger partial charge on any atom is 0.123 e. The van der Waals surface area contributed by atoms with Gasteiger partial charge in [0.15, 0.2) is 0 Å². The molecule has 1 aromatic rings. The molecule has 3 nitrogen and oxygen atoms in total. The fourth-order valence-corrected chi connectivity index (χ4v) is 1.42. The monoisotopic (exact) mass is 226 g/mol. The van der Waals surface area contributed by atoms with E-state index in [1.165, 1.54) is 12.1 Å². The minimum Gasteiger partial charge on any atom is -0.496 e. The van der Waals surface area contributed by atoms with Gasteiger partial charge >= 0.3 is 0 Å². The number of nitrogens with two attached hydrogens (primary N) is 1. The number of nitrogens with one attached hydrogen (secondary N) is 1. The Bertz CT molecular complexity index is 331. The molecular weight excluding hydrogens is 207 g/mol. The van der Waals surface area contributed by atoms with Crippen LogP contribution < -0.4 is 15.8 Å². The highest BCUT2D eigenvalue weighted by molar-refractivity contribution is 5.33. The highest BCUT2D eigenvalue weighted by Crippen LogP contribution is 2.18. The van der Waals surface area contributed by atoms with Crippen LogP contribution >= 0.6 is 0 Å². The Balaban J connectivity index is 2.55. The number of rotatable bonds is 6. The van der Waals surface area contributed by atoms with Gasteiger partial charge in [0.25, 0.3) is 0 Å². The van der Waals surface area contributed by atoms with Gasteiger partial charge in [-0.05, 0) is 37.2 Å². The van der Waals surface area contributed by atoms with E-state index >= 15 is 0 Å². The summed E-state index contributed by atoms with van der Waals surface area (Å²) >= 11 is 0. The molecular formula is C12H19FN2O. The molecule has 0 heterocycles. The summed E-state index contributed by atoms with van der Waals surface area (Å²) < 4.78 is 18.2. The van der Waals surface area contributed by atoms with E-state index in [1.807, 2.05) is 0 Å². The summed E-state index contributed by atoms with van der Waals surface area (Å²) in [4.78, 5) is 0. The standard InChI is InChI=1S/C12H19FN2O/c1-9(6-14)7-15-8-10-5-11(13)3-4-12(10)16-2/h3-5,9,15H,6-8,14H2,1-2H3. The largest absolute Gasteiger partial charge is 0.496 e. The second-order valence-electron chi connectivity index (χ2n) is 3.93. The lowest BCUT2D eigenvalue weighted by Gasteiger charge is -2.12. The van der Waals surface area contributed by atoms with Gasteiger partial charge < -0.3 is 15.8 Å². The van der Waals surface area contributed by atoms with Gasteiger partial charge in [-0.25, -0.2) is 4.39 Å². The lowest BCUT2D eigenvalue weighted by atomic mass is 10.1. The second kappa shape index (κ2) is 6.45. The molecule has 1 unspecified atom stereocenters. The van der Waals surface area contributed by atoms with Crippen LogP contribution in [0.3, 0.4) is 0 Å². The minimum atomic E-state index is -0.246. The van der Waals surface area contributed by atoms with Crippen LogP contribution in [-0.4, -0.2) is 20.2 Å². The zero-order valence-corrected chi connectivity index (χ0v) is 9.79. The van der Waals surface area contributed by atoms with Crippen LogP contribution in [0.1, 0.15) is 12.5 Å². The number of halogens is 1. The number of hydrogen-bond acceptors (Lipinski definition) is 3. The van der Waals surface area contributed by atoms with E-state index in [-0.39, 0.29) is 5.82 Å². The molecule has 0 amide bonds. The predicted molar refractivity (Wildman–Crippen MR) is 62.9 cm³/mol. The molecule has 0 saturated carbocycles. The first-order valence-electron chi connectivity index (χ1n) is 5.40. The van der Waals surface area contributed by atoms with E-state index in [0.717, 1.165) is 12.1 Å². The third kappa shape index (κ3) is 3.79. The smallest absolute Gasteiger partial charge is 0.123 e. The highest BCUT2D eigenvalue weighted by atomic mass is 19.1. The van der Waals surface area contributed by atoms with Crippen molar-refractivity contribution in [3.05, 3.63) is 29.6 Å². The van der Waals surface area contributed by atoms with Crippen LogP contribution in [0.4, 0.5) is 4.39 Å². The molecule has 1 atom stereocenters. The molecule has 0 spiro atoms. The summed E-state index contributed by atoms with van der Waals surface area (Å²) in [5.41, 5.74) is 6.33. The van der Waals surface area contributed by atoms with Crippen LogP contribution in [0, 0.1) is 11.7 Å². The maximum absolute atomic E-state index is 13.0. The number of methoxy groups -OCH3 is 1. The Kier molecular flexibility index (Phi) is 5.22. The van der Waals surface area contributed by atoms with Crippen molar-refractivity contribution in [1.82, 2.24) is 5.32 Å². The molecule has 0 aromatic heterocycles. The van der Waals surface area contributed by atoms with Crippen molar-refractivity contribution in [2.45, 2.75) is 13.5 Å². The fraction of sp³-hybridized carbons (Fsp3) is 0.500. The molecule has 0 aliphatic carbocycles. The first-order chi connectivity index (χ1) is 7.67. The maximum atomic E-state index is 13.0. The van der Waals surface area contributed by atoms with Crippen molar-refractivity contribution < 1.29 is 9.13 Å². The first kappa shape index (κ1) is 12.9. The van der Waals surface area contributed by atoms with Crippen molar-refractivity contribution in [1.29, 1.82) is 0 Å². The van der Waals surface area contributed by atoms with Crippen molar-refractivity contribution in [2.24, 2.45) is 11.7 Å². The molecule has 0 fully saturated rings. The van der Waals surface area contributed by atoms with E-state index in [2.05, 4.69) is 12.2 Å². The summed E-state index contributed by atoms with van der Waals surface area (Å²) in [5, 5.41) is 3.23.